The molecule has 0 rings (SSSR count). The van der Waals surface area contributed by atoms with E-state index in [2.05, 4.69) is 12.2 Å². The molecule has 0 aliphatic heterocycles. The highest BCUT2D eigenvalue weighted by atomic mass is 32.2. The lowest BCUT2D eigenvalue weighted by atomic mass is 10.3. The summed E-state index contributed by atoms with van der Waals surface area (Å²) in [6, 6.07) is 0. The lowest BCUT2D eigenvalue weighted by Gasteiger charge is -2.03. The largest absolute Gasteiger partial charge is 0.315 e. The number of rotatable bonds is 10. The minimum Gasteiger partial charge on any atom is -0.315 e. The smallest absolute Gasteiger partial charge is 0.148 e. The van der Waals surface area contributed by atoms with E-state index in [0.717, 1.165) is 12.3 Å². The SMILES string of the molecule is CCCCCSCCNCCS(C)(=O)=O. The molecule has 15 heavy (non-hydrogen) atoms. The van der Waals surface area contributed by atoms with Crippen molar-refractivity contribution < 1.29 is 8.42 Å². The number of hydrogen-bond donors (Lipinski definition) is 1. The molecule has 0 saturated carbocycles. The van der Waals surface area contributed by atoms with Gasteiger partial charge in [-0.25, -0.2) is 8.42 Å². The molecule has 0 bridgehead atoms. The third kappa shape index (κ3) is 14.3. The van der Waals surface area contributed by atoms with Gasteiger partial charge in [0.25, 0.3) is 0 Å². The minimum absolute atomic E-state index is 0.244. The summed E-state index contributed by atoms with van der Waals surface area (Å²) >= 11 is 1.94. The van der Waals surface area contributed by atoms with Crippen LogP contribution in [-0.4, -0.2) is 45.0 Å². The van der Waals surface area contributed by atoms with Crippen LogP contribution in [0.5, 0.6) is 0 Å². The standard InChI is InChI=1S/C10H23NO2S2/c1-3-4-5-8-14-9-6-11-7-10-15(2,12)13/h11H,3-10H2,1-2H3. The van der Waals surface area contributed by atoms with Crippen molar-refractivity contribution in [2.75, 3.05) is 36.6 Å². The van der Waals surface area contributed by atoms with Crippen LogP contribution < -0.4 is 5.32 Å². The fraction of sp³-hybridized carbons (Fsp3) is 1.00. The van der Waals surface area contributed by atoms with Crippen molar-refractivity contribution in [3.05, 3.63) is 0 Å². The Bertz CT molecular complexity index is 228. The van der Waals surface area contributed by atoms with Gasteiger partial charge < -0.3 is 5.32 Å². The summed E-state index contributed by atoms with van der Waals surface area (Å²) in [6.07, 6.45) is 5.15. The minimum atomic E-state index is -2.80. The van der Waals surface area contributed by atoms with Crippen LogP contribution in [0, 0.1) is 0 Å². The zero-order valence-electron chi connectivity index (χ0n) is 9.79. The van der Waals surface area contributed by atoms with Crippen LogP contribution in [0.2, 0.25) is 0 Å². The van der Waals surface area contributed by atoms with E-state index in [0.29, 0.717) is 6.54 Å². The lowest BCUT2D eigenvalue weighted by molar-refractivity contribution is 0.598. The molecule has 0 aliphatic carbocycles. The van der Waals surface area contributed by atoms with Gasteiger partial charge in [-0.15, -0.1) is 0 Å². The van der Waals surface area contributed by atoms with Gasteiger partial charge in [0.1, 0.15) is 9.84 Å². The first-order valence-electron chi connectivity index (χ1n) is 5.52. The second-order valence-corrected chi connectivity index (χ2v) is 7.18. The summed E-state index contributed by atoms with van der Waals surface area (Å²) in [5.74, 6) is 2.54. The molecule has 0 aliphatic rings. The zero-order valence-corrected chi connectivity index (χ0v) is 11.4. The number of nitrogens with one attached hydrogen (secondary N) is 1. The first-order valence-corrected chi connectivity index (χ1v) is 8.74. The molecule has 0 radical (unpaired) electrons. The van der Waals surface area contributed by atoms with Crippen molar-refractivity contribution in [1.29, 1.82) is 0 Å². The van der Waals surface area contributed by atoms with Gasteiger partial charge in [-0.3, -0.25) is 0 Å². The molecular formula is C10H23NO2S2. The summed E-state index contributed by atoms with van der Waals surface area (Å²) in [7, 11) is -2.80. The third-order valence-electron chi connectivity index (χ3n) is 1.97. The van der Waals surface area contributed by atoms with Crippen LogP contribution in [0.4, 0.5) is 0 Å². The highest BCUT2D eigenvalue weighted by Crippen LogP contribution is 2.04. The van der Waals surface area contributed by atoms with Crippen molar-refractivity contribution in [1.82, 2.24) is 5.32 Å². The summed E-state index contributed by atoms with van der Waals surface area (Å²) in [5, 5.41) is 3.13. The van der Waals surface area contributed by atoms with Gasteiger partial charge in [-0.2, -0.15) is 11.8 Å². The molecule has 0 amide bonds. The van der Waals surface area contributed by atoms with Crippen LogP contribution in [0.15, 0.2) is 0 Å². The van der Waals surface area contributed by atoms with Crippen LogP contribution in [0.25, 0.3) is 0 Å². The monoisotopic (exact) mass is 253 g/mol. The maximum Gasteiger partial charge on any atom is 0.148 e. The van der Waals surface area contributed by atoms with Crippen molar-refractivity contribution in [3.63, 3.8) is 0 Å². The maximum atomic E-state index is 10.8. The van der Waals surface area contributed by atoms with E-state index in [1.165, 1.54) is 31.3 Å². The van der Waals surface area contributed by atoms with Gasteiger partial charge >= 0.3 is 0 Å². The summed E-state index contributed by atoms with van der Waals surface area (Å²) in [4.78, 5) is 0. The highest BCUT2D eigenvalue weighted by Gasteiger charge is 1.99. The Balaban J connectivity index is 3.06. The van der Waals surface area contributed by atoms with E-state index in [1.807, 2.05) is 11.8 Å². The zero-order chi connectivity index (χ0) is 11.6. The molecule has 0 fully saturated rings. The average molecular weight is 253 g/mol. The molecule has 0 spiro atoms. The Morgan fingerprint density at radius 3 is 2.47 bits per heavy atom. The van der Waals surface area contributed by atoms with Gasteiger partial charge in [0.05, 0.1) is 5.75 Å². The predicted octanol–water partition coefficient (Wildman–Crippen LogP) is 1.54. The lowest BCUT2D eigenvalue weighted by Crippen LogP contribution is -2.24. The van der Waals surface area contributed by atoms with E-state index in [4.69, 9.17) is 0 Å². The summed E-state index contributed by atoms with van der Waals surface area (Å²) in [5.41, 5.74) is 0. The summed E-state index contributed by atoms with van der Waals surface area (Å²) in [6.45, 7) is 3.69. The Morgan fingerprint density at radius 1 is 1.13 bits per heavy atom. The van der Waals surface area contributed by atoms with Crippen molar-refractivity contribution in [2.45, 2.75) is 26.2 Å². The first kappa shape index (κ1) is 15.3. The van der Waals surface area contributed by atoms with Crippen LogP contribution in [0.1, 0.15) is 26.2 Å². The molecule has 0 atom stereocenters. The molecule has 0 heterocycles. The molecule has 0 aromatic heterocycles. The first-order chi connectivity index (χ1) is 7.06. The molecule has 0 unspecified atom stereocenters. The molecule has 0 aromatic carbocycles. The van der Waals surface area contributed by atoms with E-state index < -0.39 is 9.84 Å². The van der Waals surface area contributed by atoms with Crippen LogP contribution in [0.3, 0.4) is 0 Å². The number of sulfone groups is 1. The number of thioether (sulfide) groups is 1. The van der Waals surface area contributed by atoms with E-state index in [1.54, 1.807) is 0 Å². The molecule has 1 N–H and O–H groups in total. The van der Waals surface area contributed by atoms with Crippen molar-refractivity contribution >= 4 is 21.6 Å². The van der Waals surface area contributed by atoms with Gasteiger partial charge in [-0.05, 0) is 12.2 Å². The molecule has 0 aromatic rings. The molecule has 3 nitrogen and oxygen atoms in total. The number of hydrogen-bond acceptors (Lipinski definition) is 4. The average Bonchev–Trinajstić information content (AvgIpc) is 2.14. The molecule has 0 saturated heterocycles. The predicted molar refractivity (Wildman–Crippen MR) is 69.4 cm³/mol. The van der Waals surface area contributed by atoms with E-state index in [-0.39, 0.29) is 5.75 Å². The van der Waals surface area contributed by atoms with Gasteiger partial charge in [0.2, 0.25) is 0 Å². The topological polar surface area (TPSA) is 46.2 Å². The van der Waals surface area contributed by atoms with Gasteiger partial charge in [-0.1, -0.05) is 19.8 Å². The number of unbranched alkanes of at least 4 members (excludes halogenated alkanes) is 2. The third-order valence-corrected chi connectivity index (χ3v) is 3.98. The summed E-state index contributed by atoms with van der Waals surface area (Å²) < 4.78 is 21.6. The Hall–Kier alpha value is 0.260. The van der Waals surface area contributed by atoms with Gasteiger partial charge in [0.15, 0.2) is 0 Å². The Labute approximate surface area is 98.3 Å². The normalized spacial score (nSPS) is 11.9. The van der Waals surface area contributed by atoms with E-state index in [9.17, 15) is 8.42 Å². The van der Waals surface area contributed by atoms with Crippen LogP contribution >= 0.6 is 11.8 Å². The second-order valence-electron chi connectivity index (χ2n) is 3.70. The highest BCUT2D eigenvalue weighted by molar-refractivity contribution is 7.99. The van der Waals surface area contributed by atoms with E-state index >= 15 is 0 Å². The van der Waals surface area contributed by atoms with Gasteiger partial charge in [0, 0.05) is 25.1 Å². The second kappa shape index (κ2) is 9.48. The molecule has 5 heteroatoms. The molecule has 92 valence electrons. The fourth-order valence-corrected chi connectivity index (χ4v) is 2.50. The van der Waals surface area contributed by atoms with Crippen molar-refractivity contribution in [2.24, 2.45) is 0 Å². The quantitative estimate of drug-likeness (QED) is 0.600. The Morgan fingerprint density at radius 2 is 1.87 bits per heavy atom. The Kier molecular flexibility index (Phi) is 9.65. The fourth-order valence-electron chi connectivity index (χ4n) is 1.08. The maximum absolute atomic E-state index is 10.8. The molecular weight excluding hydrogens is 230 g/mol. The van der Waals surface area contributed by atoms with Crippen molar-refractivity contribution in [3.8, 4) is 0 Å². The van der Waals surface area contributed by atoms with Crippen LogP contribution in [-0.2, 0) is 9.84 Å².